The number of carbonyl (C=O) groups is 1. The maximum absolute atomic E-state index is 14.4. The highest BCUT2D eigenvalue weighted by molar-refractivity contribution is 5.84. The molecule has 1 saturated carbocycles. The number of benzene rings is 2. The van der Waals surface area contributed by atoms with E-state index in [0.717, 1.165) is 17.7 Å². The number of carbonyl (C=O) groups excluding carboxylic acids is 1. The van der Waals surface area contributed by atoms with Crippen molar-refractivity contribution in [1.29, 1.82) is 0 Å². The van der Waals surface area contributed by atoms with Crippen molar-refractivity contribution in [3.05, 3.63) is 65.2 Å². The van der Waals surface area contributed by atoms with Crippen molar-refractivity contribution in [2.45, 2.75) is 37.9 Å². The average Bonchev–Trinajstić information content (AvgIpc) is 2.58. The van der Waals surface area contributed by atoms with Gasteiger partial charge in [0.25, 0.3) is 0 Å². The molecule has 0 bridgehead atoms. The molecule has 0 aromatic heterocycles. The molecule has 26 heavy (non-hydrogen) atoms. The van der Waals surface area contributed by atoms with Gasteiger partial charge < -0.3 is 9.47 Å². The lowest BCUT2D eigenvalue weighted by Crippen LogP contribution is -2.41. The monoisotopic (exact) mass is 361 g/mol. The van der Waals surface area contributed by atoms with Gasteiger partial charge in [-0.25, -0.2) is 13.6 Å². The summed E-state index contributed by atoms with van der Waals surface area (Å²) in [5.41, 5.74) is 0.557. The number of rotatable bonds is 5. The second-order valence-corrected chi connectivity index (χ2v) is 6.80. The van der Waals surface area contributed by atoms with Gasteiger partial charge in [-0.3, -0.25) is 5.32 Å². The Morgan fingerprint density at radius 3 is 2.38 bits per heavy atom. The van der Waals surface area contributed by atoms with Crippen molar-refractivity contribution < 1.29 is 23.0 Å². The predicted molar refractivity (Wildman–Crippen MR) is 94.0 cm³/mol. The molecule has 1 fully saturated rings. The molecule has 0 aliphatic heterocycles. The number of nitrogens with one attached hydrogen (secondary N) is 1. The molecule has 1 N–H and O–H groups in total. The Morgan fingerprint density at radius 2 is 1.81 bits per heavy atom. The van der Waals surface area contributed by atoms with E-state index in [-0.39, 0.29) is 29.4 Å². The molecule has 138 valence electrons. The van der Waals surface area contributed by atoms with Crippen molar-refractivity contribution >= 4 is 11.8 Å². The van der Waals surface area contributed by atoms with Crippen molar-refractivity contribution in [2.75, 3.05) is 12.4 Å². The highest BCUT2D eigenvalue weighted by Crippen LogP contribution is 2.48. The van der Waals surface area contributed by atoms with Gasteiger partial charge in [0.1, 0.15) is 18.2 Å². The van der Waals surface area contributed by atoms with Gasteiger partial charge in [-0.2, -0.15) is 0 Å². The first-order chi connectivity index (χ1) is 12.4. The normalized spacial score (nSPS) is 21.8. The number of amides is 1. The number of hydrogen-bond donors (Lipinski definition) is 1. The summed E-state index contributed by atoms with van der Waals surface area (Å²) in [6, 6.07) is 11.4. The first kappa shape index (κ1) is 18.3. The second-order valence-electron chi connectivity index (χ2n) is 6.80. The van der Waals surface area contributed by atoms with Gasteiger partial charge in [0.2, 0.25) is 0 Å². The van der Waals surface area contributed by atoms with Crippen LogP contribution in [-0.4, -0.2) is 18.8 Å². The van der Waals surface area contributed by atoms with Crippen molar-refractivity contribution in [2.24, 2.45) is 0 Å². The van der Waals surface area contributed by atoms with E-state index in [1.165, 1.54) is 0 Å². The largest absolute Gasteiger partial charge is 0.444 e. The van der Waals surface area contributed by atoms with E-state index in [9.17, 15) is 13.6 Å². The van der Waals surface area contributed by atoms with E-state index >= 15 is 0 Å². The number of methoxy groups -OCH3 is 1. The standard InChI is InChI=1S/C20H21F2NO3/c1-20(25-2)10-14(11-20)18-16(21)8-15(9-17(18)22)23-19(24)26-12-13-6-4-3-5-7-13/h3-9,14H,10-12H2,1-2H3,(H,23,24). The quantitative estimate of drug-likeness (QED) is 0.816. The van der Waals surface area contributed by atoms with E-state index in [1.807, 2.05) is 37.3 Å². The van der Waals surface area contributed by atoms with Gasteiger partial charge in [-0.15, -0.1) is 0 Å². The smallest absolute Gasteiger partial charge is 0.411 e. The molecule has 1 aliphatic rings. The third-order valence-corrected chi connectivity index (χ3v) is 4.80. The first-order valence-corrected chi connectivity index (χ1v) is 8.42. The molecule has 0 spiro atoms. The van der Waals surface area contributed by atoms with Crippen LogP contribution in [0, 0.1) is 11.6 Å². The molecule has 1 amide bonds. The van der Waals surface area contributed by atoms with Crippen molar-refractivity contribution in [3.8, 4) is 0 Å². The van der Waals surface area contributed by atoms with Gasteiger partial charge in [-0.1, -0.05) is 30.3 Å². The summed E-state index contributed by atoms with van der Waals surface area (Å²) in [6.07, 6.45) is 0.350. The van der Waals surface area contributed by atoms with Crippen LogP contribution in [0.4, 0.5) is 19.3 Å². The van der Waals surface area contributed by atoms with Gasteiger partial charge in [-0.05, 0) is 43.4 Å². The molecule has 2 aromatic rings. The molecule has 0 unspecified atom stereocenters. The van der Waals surface area contributed by atoms with Crippen molar-refractivity contribution in [3.63, 3.8) is 0 Å². The molecule has 0 heterocycles. The van der Waals surface area contributed by atoms with Crippen LogP contribution in [0.25, 0.3) is 0 Å². The van der Waals surface area contributed by atoms with Gasteiger partial charge in [0.05, 0.1) is 5.60 Å². The summed E-state index contributed by atoms with van der Waals surface area (Å²) in [7, 11) is 1.59. The lowest BCUT2D eigenvalue weighted by Gasteiger charge is -2.44. The minimum atomic E-state index is -0.768. The van der Waals surface area contributed by atoms with E-state index in [4.69, 9.17) is 9.47 Å². The Bertz CT molecular complexity index is 766. The highest BCUT2D eigenvalue weighted by Gasteiger charge is 2.43. The lowest BCUT2D eigenvalue weighted by molar-refractivity contribution is -0.0702. The van der Waals surface area contributed by atoms with E-state index in [0.29, 0.717) is 12.8 Å². The molecular weight excluding hydrogens is 340 g/mol. The number of hydrogen-bond acceptors (Lipinski definition) is 3. The fourth-order valence-electron chi connectivity index (χ4n) is 3.28. The molecule has 0 atom stereocenters. The summed E-state index contributed by atoms with van der Waals surface area (Å²) in [6.45, 7) is 1.99. The Balaban J connectivity index is 1.62. The number of halogens is 2. The summed E-state index contributed by atoms with van der Waals surface area (Å²) in [4.78, 5) is 11.8. The zero-order valence-corrected chi connectivity index (χ0v) is 14.7. The Morgan fingerprint density at radius 1 is 1.19 bits per heavy atom. The van der Waals surface area contributed by atoms with Gasteiger partial charge in [0.15, 0.2) is 0 Å². The van der Waals surface area contributed by atoms with Crippen LogP contribution >= 0.6 is 0 Å². The summed E-state index contributed by atoms with van der Waals surface area (Å²) >= 11 is 0. The van der Waals surface area contributed by atoms with E-state index in [1.54, 1.807) is 7.11 Å². The maximum Gasteiger partial charge on any atom is 0.411 e. The van der Waals surface area contributed by atoms with Crippen LogP contribution in [0.15, 0.2) is 42.5 Å². The lowest BCUT2D eigenvalue weighted by atomic mass is 9.68. The van der Waals surface area contributed by atoms with Gasteiger partial charge >= 0.3 is 6.09 Å². The molecule has 4 nitrogen and oxygen atoms in total. The molecular formula is C20H21F2NO3. The number of ether oxygens (including phenoxy) is 2. The van der Waals surface area contributed by atoms with Crippen molar-refractivity contribution in [1.82, 2.24) is 0 Å². The highest BCUT2D eigenvalue weighted by atomic mass is 19.1. The first-order valence-electron chi connectivity index (χ1n) is 8.42. The van der Waals surface area contributed by atoms with Crippen LogP contribution in [0.5, 0.6) is 0 Å². The third kappa shape index (κ3) is 4.02. The zero-order valence-electron chi connectivity index (χ0n) is 14.7. The Hall–Kier alpha value is -2.47. The van der Waals surface area contributed by atoms with E-state index < -0.39 is 17.7 Å². The fraction of sp³-hybridized carbons (Fsp3) is 0.350. The van der Waals surface area contributed by atoms with Crippen LogP contribution in [0.2, 0.25) is 0 Å². The summed E-state index contributed by atoms with van der Waals surface area (Å²) < 4.78 is 39.1. The minimum absolute atomic E-state index is 0.0237. The van der Waals surface area contributed by atoms with Crippen LogP contribution in [0.1, 0.15) is 36.8 Å². The minimum Gasteiger partial charge on any atom is -0.444 e. The molecule has 0 saturated heterocycles. The third-order valence-electron chi connectivity index (χ3n) is 4.80. The maximum atomic E-state index is 14.4. The van der Waals surface area contributed by atoms with Gasteiger partial charge in [0, 0.05) is 18.4 Å². The molecule has 1 aliphatic carbocycles. The molecule has 2 aromatic carbocycles. The van der Waals surface area contributed by atoms with E-state index in [2.05, 4.69) is 5.32 Å². The fourth-order valence-corrected chi connectivity index (χ4v) is 3.28. The van der Waals surface area contributed by atoms with Crippen LogP contribution < -0.4 is 5.32 Å². The topological polar surface area (TPSA) is 47.6 Å². The summed E-state index contributed by atoms with van der Waals surface area (Å²) in [5.74, 6) is -1.57. The second kappa shape index (κ2) is 7.41. The Labute approximate surface area is 151 Å². The molecule has 0 radical (unpaired) electrons. The zero-order chi connectivity index (χ0) is 18.7. The molecule has 3 rings (SSSR count). The summed E-state index contributed by atoms with van der Waals surface area (Å²) in [5, 5.41) is 2.36. The Kier molecular flexibility index (Phi) is 5.23. The number of anilines is 1. The average molecular weight is 361 g/mol. The molecule has 6 heteroatoms. The van der Waals surface area contributed by atoms with Crippen LogP contribution in [-0.2, 0) is 16.1 Å². The van der Waals surface area contributed by atoms with Crippen LogP contribution in [0.3, 0.4) is 0 Å². The SMILES string of the molecule is COC1(C)CC(c2c(F)cc(NC(=O)OCc3ccccc3)cc2F)C1. The predicted octanol–water partition coefficient (Wildman–Crippen LogP) is 5.00.